The lowest BCUT2D eigenvalue weighted by atomic mass is 9.75. The molecule has 3 heterocycles. The van der Waals surface area contributed by atoms with Gasteiger partial charge in [-0.2, -0.15) is 0 Å². The maximum absolute atomic E-state index is 13.2. The molecule has 134 valence electrons. The van der Waals surface area contributed by atoms with Gasteiger partial charge in [0, 0.05) is 25.0 Å². The van der Waals surface area contributed by atoms with Crippen molar-refractivity contribution in [2.75, 3.05) is 18.4 Å². The fourth-order valence-corrected chi connectivity index (χ4v) is 4.15. The molecule has 0 unspecified atom stereocenters. The number of rotatable bonds is 3. The monoisotopic (exact) mass is 350 g/mol. The van der Waals surface area contributed by atoms with Crippen LogP contribution in [-0.2, 0) is 16.6 Å². The van der Waals surface area contributed by atoms with E-state index in [2.05, 4.69) is 22.2 Å². The number of nitrogens with zero attached hydrogens (tertiary/aromatic N) is 3. The third kappa shape index (κ3) is 2.57. The Labute approximate surface area is 152 Å². The molecular formula is C20H22N4O2. The van der Waals surface area contributed by atoms with E-state index in [4.69, 9.17) is 0 Å². The Bertz CT molecular complexity index is 866. The molecule has 1 aromatic heterocycles. The SMILES string of the molecule is CCCc1ncncc1C(=O)N1CCC[C@@]2(C1)C(=O)Nc1ccccc12. The number of anilines is 1. The summed E-state index contributed by atoms with van der Waals surface area (Å²) in [6.45, 7) is 3.11. The molecule has 1 aromatic carbocycles. The first kappa shape index (κ1) is 16.7. The lowest BCUT2D eigenvalue weighted by molar-refractivity contribution is -0.122. The number of aryl methyl sites for hydroxylation is 1. The Morgan fingerprint density at radius 1 is 1.35 bits per heavy atom. The summed E-state index contributed by atoms with van der Waals surface area (Å²) in [6, 6.07) is 7.79. The zero-order chi connectivity index (χ0) is 18.1. The number of nitrogens with one attached hydrogen (secondary N) is 1. The molecular weight excluding hydrogens is 328 g/mol. The number of hydrogen-bond acceptors (Lipinski definition) is 4. The van der Waals surface area contributed by atoms with E-state index in [9.17, 15) is 9.59 Å². The molecule has 1 atom stereocenters. The summed E-state index contributed by atoms with van der Waals surface area (Å²) in [7, 11) is 0. The highest BCUT2D eigenvalue weighted by atomic mass is 16.2. The largest absolute Gasteiger partial charge is 0.337 e. The van der Waals surface area contributed by atoms with E-state index in [0.29, 0.717) is 18.7 Å². The molecule has 4 rings (SSSR count). The second kappa shape index (κ2) is 6.52. The molecule has 26 heavy (non-hydrogen) atoms. The Morgan fingerprint density at radius 3 is 3.04 bits per heavy atom. The van der Waals surface area contributed by atoms with Crippen molar-refractivity contribution in [2.45, 2.75) is 38.0 Å². The van der Waals surface area contributed by atoms with Gasteiger partial charge in [-0.15, -0.1) is 0 Å². The molecule has 1 N–H and O–H groups in total. The first-order chi connectivity index (χ1) is 12.7. The zero-order valence-corrected chi connectivity index (χ0v) is 14.9. The number of para-hydroxylation sites is 1. The van der Waals surface area contributed by atoms with Crippen molar-refractivity contribution in [2.24, 2.45) is 0 Å². The predicted octanol–water partition coefficient (Wildman–Crippen LogP) is 2.56. The van der Waals surface area contributed by atoms with Gasteiger partial charge in [-0.25, -0.2) is 9.97 Å². The van der Waals surface area contributed by atoms with Crippen LogP contribution in [0.25, 0.3) is 0 Å². The molecule has 0 bridgehead atoms. The lowest BCUT2D eigenvalue weighted by Crippen LogP contribution is -2.52. The number of carbonyl (C=O) groups is 2. The number of piperidine rings is 1. The first-order valence-electron chi connectivity index (χ1n) is 9.15. The summed E-state index contributed by atoms with van der Waals surface area (Å²) in [6.07, 6.45) is 6.30. The van der Waals surface area contributed by atoms with Gasteiger partial charge in [0.1, 0.15) is 6.33 Å². The van der Waals surface area contributed by atoms with Gasteiger partial charge in [0.15, 0.2) is 0 Å². The number of amides is 2. The number of hydrogen-bond donors (Lipinski definition) is 1. The second-order valence-electron chi connectivity index (χ2n) is 7.05. The number of fused-ring (bicyclic) bond motifs is 2. The topological polar surface area (TPSA) is 75.2 Å². The molecule has 1 fully saturated rings. The van der Waals surface area contributed by atoms with Crippen molar-refractivity contribution < 1.29 is 9.59 Å². The van der Waals surface area contributed by atoms with Gasteiger partial charge < -0.3 is 10.2 Å². The molecule has 2 aliphatic rings. The minimum absolute atomic E-state index is 0.00528. The summed E-state index contributed by atoms with van der Waals surface area (Å²) in [5.74, 6) is -0.0837. The third-order valence-electron chi connectivity index (χ3n) is 5.42. The van der Waals surface area contributed by atoms with Gasteiger partial charge >= 0.3 is 0 Å². The molecule has 6 nitrogen and oxygen atoms in total. The molecule has 6 heteroatoms. The Balaban J connectivity index is 1.66. The van der Waals surface area contributed by atoms with Crippen molar-refractivity contribution in [3.8, 4) is 0 Å². The van der Waals surface area contributed by atoms with E-state index in [0.717, 1.165) is 42.6 Å². The Kier molecular flexibility index (Phi) is 4.18. The van der Waals surface area contributed by atoms with Crippen molar-refractivity contribution in [1.82, 2.24) is 14.9 Å². The van der Waals surface area contributed by atoms with Gasteiger partial charge in [-0.3, -0.25) is 9.59 Å². The molecule has 1 saturated heterocycles. The second-order valence-corrected chi connectivity index (χ2v) is 7.05. The smallest absolute Gasteiger partial charge is 0.257 e. The van der Waals surface area contributed by atoms with E-state index < -0.39 is 5.41 Å². The van der Waals surface area contributed by atoms with Crippen LogP contribution in [0.3, 0.4) is 0 Å². The standard InChI is InChI=1S/C20H22N4O2/c1-2-6-16-14(11-21-13-22-16)18(25)24-10-5-9-20(12-24)15-7-3-4-8-17(15)23-19(20)26/h3-4,7-8,11,13H,2,5-6,9-10,12H2,1H3,(H,23,26)/t20-/m0/s1. The summed E-state index contributed by atoms with van der Waals surface area (Å²) >= 11 is 0. The number of benzene rings is 1. The van der Waals surface area contributed by atoms with Crippen LogP contribution in [-0.4, -0.2) is 39.8 Å². The average molecular weight is 350 g/mol. The van der Waals surface area contributed by atoms with E-state index in [1.807, 2.05) is 24.3 Å². The number of likely N-dealkylation sites (tertiary alicyclic amines) is 1. The van der Waals surface area contributed by atoms with Crippen LogP contribution in [0.2, 0.25) is 0 Å². The third-order valence-corrected chi connectivity index (χ3v) is 5.42. The quantitative estimate of drug-likeness (QED) is 0.923. The summed E-state index contributed by atoms with van der Waals surface area (Å²) in [5.41, 5.74) is 2.55. The first-order valence-corrected chi connectivity index (χ1v) is 9.15. The highest BCUT2D eigenvalue weighted by Crippen LogP contribution is 2.43. The van der Waals surface area contributed by atoms with Crippen LogP contribution < -0.4 is 5.32 Å². The van der Waals surface area contributed by atoms with E-state index in [-0.39, 0.29) is 11.8 Å². The van der Waals surface area contributed by atoms with Crippen molar-refractivity contribution in [3.63, 3.8) is 0 Å². The van der Waals surface area contributed by atoms with Crippen LogP contribution in [0.15, 0.2) is 36.8 Å². The number of aromatic nitrogens is 2. The molecule has 2 aromatic rings. The maximum Gasteiger partial charge on any atom is 0.257 e. The van der Waals surface area contributed by atoms with Gasteiger partial charge in [0.2, 0.25) is 5.91 Å². The summed E-state index contributed by atoms with van der Waals surface area (Å²) in [5, 5.41) is 2.99. The molecule has 2 aliphatic heterocycles. The molecule has 2 amide bonds. The minimum Gasteiger partial charge on any atom is -0.337 e. The van der Waals surface area contributed by atoms with Crippen LogP contribution in [0.5, 0.6) is 0 Å². The van der Waals surface area contributed by atoms with Crippen molar-refractivity contribution in [3.05, 3.63) is 53.6 Å². The van der Waals surface area contributed by atoms with E-state index >= 15 is 0 Å². The highest BCUT2D eigenvalue weighted by molar-refractivity contribution is 6.07. The minimum atomic E-state index is -0.648. The molecule has 0 radical (unpaired) electrons. The van der Waals surface area contributed by atoms with Gasteiger partial charge in [0.05, 0.1) is 16.7 Å². The van der Waals surface area contributed by atoms with Gasteiger partial charge in [0.25, 0.3) is 5.91 Å². The van der Waals surface area contributed by atoms with Crippen LogP contribution in [0.4, 0.5) is 5.69 Å². The highest BCUT2D eigenvalue weighted by Gasteiger charge is 2.50. The zero-order valence-electron chi connectivity index (χ0n) is 14.9. The molecule has 1 spiro atoms. The summed E-state index contributed by atoms with van der Waals surface area (Å²) in [4.78, 5) is 36.1. The van der Waals surface area contributed by atoms with Crippen LogP contribution in [0, 0.1) is 0 Å². The number of carbonyl (C=O) groups excluding carboxylic acids is 2. The van der Waals surface area contributed by atoms with Gasteiger partial charge in [-0.1, -0.05) is 31.5 Å². The average Bonchev–Trinajstić information content (AvgIpc) is 2.93. The lowest BCUT2D eigenvalue weighted by Gasteiger charge is -2.39. The van der Waals surface area contributed by atoms with Crippen LogP contribution >= 0.6 is 0 Å². The van der Waals surface area contributed by atoms with Crippen molar-refractivity contribution >= 4 is 17.5 Å². The normalized spacial score (nSPS) is 21.6. The van der Waals surface area contributed by atoms with Crippen molar-refractivity contribution in [1.29, 1.82) is 0 Å². The maximum atomic E-state index is 13.2. The molecule has 0 aliphatic carbocycles. The Morgan fingerprint density at radius 2 is 2.19 bits per heavy atom. The fourth-order valence-electron chi connectivity index (χ4n) is 4.15. The van der Waals surface area contributed by atoms with E-state index in [1.165, 1.54) is 6.33 Å². The fraction of sp³-hybridized carbons (Fsp3) is 0.400. The summed E-state index contributed by atoms with van der Waals surface area (Å²) < 4.78 is 0. The van der Waals surface area contributed by atoms with Gasteiger partial charge in [-0.05, 0) is 30.9 Å². The predicted molar refractivity (Wildman–Crippen MR) is 97.9 cm³/mol. The van der Waals surface area contributed by atoms with E-state index in [1.54, 1.807) is 11.1 Å². The van der Waals surface area contributed by atoms with Crippen LogP contribution in [0.1, 0.15) is 47.8 Å². The molecule has 0 saturated carbocycles. The Hall–Kier alpha value is -2.76.